The lowest BCUT2D eigenvalue weighted by Gasteiger charge is -2.38. The van der Waals surface area contributed by atoms with Crippen molar-refractivity contribution in [1.82, 2.24) is 26.2 Å². The van der Waals surface area contributed by atoms with Gasteiger partial charge in [-0.3, -0.25) is 19.2 Å². The van der Waals surface area contributed by atoms with Crippen molar-refractivity contribution in [3.63, 3.8) is 0 Å². The average Bonchev–Trinajstić information content (AvgIpc) is 3.55. The topological polar surface area (TPSA) is 163 Å². The molecule has 2 fully saturated rings. The Kier molecular flexibility index (Phi) is 15.8. The molecule has 12 nitrogen and oxygen atoms in total. The molecule has 2 aliphatic rings. The molecule has 12 heteroatoms. The third kappa shape index (κ3) is 11.5. The summed E-state index contributed by atoms with van der Waals surface area (Å²) in [5, 5.41) is 10.6. The van der Waals surface area contributed by atoms with Crippen molar-refractivity contribution < 1.29 is 33.5 Å². The van der Waals surface area contributed by atoms with Gasteiger partial charge in [0.15, 0.2) is 0 Å². The van der Waals surface area contributed by atoms with E-state index in [-0.39, 0.29) is 19.7 Å². The number of carbonyl (C=O) groups excluding carboxylic acids is 6. The molecule has 0 radical (unpaired) electrons. The van der Waals surface area contributed by atoms with Gasteiger partial charge in [-0.05, 0) is 43.6 Å². The molecule has 1 aliphatic carbocycles. The van der Waals surface area contributed by atoms with Gasteiger partial charge in [-0.15, -0.1) is 6.58 Å². The average molecular weight is 670 g/mol. The quantitative estimate of drug-likeness (QED) is 0.149. The van der Waals surface area contributed by atoms with Crippen LogP contribution in [-0.4, -0.2) is 77.2 Å². The van der Waals surface area contributed by atoms with Gasteiger partial charge in [-0.25, -0.2) is 9.59 Å². The van der Waals surface area contributed by atoms with E-state index in [1.165, 1.54) is 24.3 Å². The van der Waals surface area contributed by atoms with Crippen molar-refractivity contribution in [2.45, 2.75) is 123 Å². The summed E-state index contributed by atoms with van der Waals surface area (Å²) >= 11 is 0. The Bertz CT molecular complexity index is 1270. The zero-order chi connectivity index (χ0) is 35.9. The van der Waals surface area contributed by atoms with Crippen LogP contribution in [0.4, 0.5) is 4.79 Å². The first kappa shape index (κ1) is 40.0. The monoisotopic (exact) mass is 669 g/mol. The van der Waals surface area contributed by atoms with E-state index < -0.39 is 64.6 Å². The van der Waals surface area contributed by atoms with E-state index in [0.29, 0.717) is 25.7 Å². The summed E-state index contributed by atoms with van der Waals surface area (Å²) in [4.78, 5) is 79.8. The van der Waals surface area contributed by atoms with E-state index in [2.05, 4.69) is 41.7 Å². The molecule has 3 unspecified atom stereocenters. The first-order valence-electron chi connectivity index (χ1n) is 17.0. The van der Waals surface area contributed by atoms with Gasteiger partial charge in [-0.2, -0.15) is 0 Å². The molecular formula is C36H55N5O7. The van der Waals surface area contributed by atoms with Crippen LogP contribution in [0.5, 0.6) is 0 Å². The minimum absolute atomic E-state index is 0.0793. The van der Waals surface area contributed by atoms with Crippen molar-refractivity contribution >= 4 is 35.5 Å². The van der Waals surface area contributed by atoms with Crippen LogP contribution in [0, 0.1) is 5.41 Å². The number of urea groups is 1. The highest BCUT2D eigenvalue weighted by Crippen LogP contribution is 2.31. The van der Waals surface area contributed by atoms with Gasteiger partial charge in [0.25, 0.3) is 5.91 Å². The summed E-state index contributed by atoms with van der Waals surface area (Å²) in [5.41, 5.74) is -1.14. The van der Waals surface area contributed by atoms with E-state index in [1.807, 2.05) is 30.3 Å². The molecular weight excluding hydrogens is 614 g/mol. The fraction of sp³-hybridized carbons (Fsp3) is 0.611. The second-order valence-electron chi connectivity index (χ2n) is 13.6. The van der Waals surface area contributed by atoms with Crippen LogP contribution in [0.1, 0.15) is 98.5 Å². The Morgan fingerprint density at radius 2 is 1.62 bits per heavy atom. The highest BCUT2D eigenvalue weighted by Gasteiger charge is 2.46. The van der Waals surface area contributed by atoms with E-state index >= 15 is 0 Å². The molecule has 0 spiro atoms. The number of benzene rings is 1. The largest absolute Gasteiger partial charge is 0.459 e. The number of nitrogens with zero attached hydrogens (tertiary/aromatic N) is 1. The number of esters is 1. The molecule has 1 aliphatic heterocycles. The van der Waals surface area contributed by atoms with Crippen LogP contribution < -0.4 is 21.3 Å². The van der Waals surface area contributed by atoms with E-state index in [1.54, 1.807) is 20.8 Å². The number of ketones is 1. The highest BCUT2D eigenvalue weighted by atomic mass is 16.5. The second kappa shape index (κ2) is 18.9. The van der Waals surface area contributed by atoms with E-state index in [4.69, 9.17) is 4.74 Å². The normalized spacial score (nSPS) is 18.1. The number of hydrogen-bond donors (Lipinski definition) is 4. The lowest BCUT2D eigenvalue weighted by atomic mass is 9.81. The third-order valence-electron chi connectivity index (χ3n) is 8.27. The summed E-state index contributed by atoms with van der Waals surface area (Å²) in [6.07, 6.45) is 6.84. The van der Waals surface area contributed by atoms with Gasteiger partial charge >= 0.3 is 12.0 Å². The molecule has 1 saturated heterocycles. The van der Waals surface area contributed by atoms with Gasteiger partial charge in [-0.1, -0.05) is 96.7 Å². The van der Waals surface area contributed by atoms with Gasteiger partial charge in [0.1, 0.15) is 24.2 Å². The van der Waals surface area contributed by atoms with Crippen LogP contribution in [-0.2, 0) is 35.3 Å². The van der Waals surface area contributed by atoms with Gasteiger partial charge in [0.05, 0.1) is 6.04 Å². The maximum atomic E-state index is 13.9. The second-order valence-corrected chi connectivity index (χ2v) is 13.6. The lowest BCUT2D eigenvalue weighted by molar-refractivity contribution is -0.154. The predicted molar refractivity (Wildman–Crippen MR) is 183 cm³/mol. The SMILES string of the molecule is C=CCNC(=O)C(=O)C(C)NC(=O)C1CCCN1C(=O)C(NC(=O)NC1(C(=O)OCc2ccccc2)CCCCC1)C(C)(C)C.CCC. The van der Waals surface area contributed by atoms with Crippen LogP contribution >= 0.6 is 0 Å². The lowest BCUT2D eigenvalue weighted by Crippen LogP contribution is -2.63. The summed E-state index contributed by atoms with van der Waals surface area (Å²) in [7, 11) is 0. The molecule has 48 heavy (non-hydrogen) atoms. The summed E-state index contributed by atoms with van der Waals surface area (Å²) in [5.74, 6) is -3.19. The van der Waals surface area contributed by atoms with Crippen LogP contribution in [0.25, 0.3) is 0 Å². The van der Waals surface area contributed by atoms with Crippen molar-refractivity contribution in [3.05, 3.63) is 48.6 Å². The van der Waals surface area contributed by atoms with Crippen molar-refractivity contribution in [2.24, 2.45) is 5.41 Å². The summed E-state index contributed by atoms with van der Waals surface area (Å²) in [6, 6.07) is 5.60. The minimum atomic E-state index is -1.22. The van der Waals surface area contributed by atoms with Gasteiger partial charge in [0, 0.05) is 13.1 Å². The van der Waals surface area contributed by atoms with E-state index in [9.17, 15) is 28.8 Å². The zero-order valence-corrected chi connectivity index (χ0v) is 29.5. The van der Waals surface area contributed by atoms with Crippen LogP contribution in [0.2, 0.25) is 0 Å². The number of likely N-dealkylation sites (tertiary alicyclic amines) is 1. The number of nitrogens with one attached hydrogen (secondary N) is 4. The molecule has 3 atom stereocenters. The smallest absolute Gasteiger partial charge is 0.332 e. The van der Waals surface area contributed by atoms with E-state index in [0.717, 1.165) is 24.8 Å². The zero-order valence-electron chi connectivity index (χ0n) is 29.5. The van der Waals surface area contributed by atoms with Crippen molar-refractivity contribution in [2.75, 3.05) is 13.1 Å². The fourth-order valence-corrected chi connectivity index (χ4v) is 5.72. The number of amides is 5. The third-order valence-corrected chi connectivity index (χ3v) is 8.27. The fourth-order valence-electron chi connectivity index (χ4n) is 5.72. The standard InChI is InChI=1S/C33H47N5O7.C3H8/c1-6-19-34-28(41)25(39)22(2)35-27(40)24-16-13-20-38(24)29(42)26(32(3,4)5)36-31(44)37-33(17-11-8-12-18-33)30(43)45-21-23-14-9-7-10-15-23;1-3-2/h6-7,9-10,14-15,22,24,26H,1,8,11-13,16-21H2,2-5H3,(H,34,41)(H,35,40)(H2,36,37,44);3H2,1-2H3. The molecule has 0 bridgehead atoms. The predicted octanol–water partition coefficient (Wildman–Crippen LogP) is 3.93. The Morgan fingerprint density at radius 1 is 1.00 bits per heavy atom. The number of ether oxygens (including phenoxy) is 1. The van der Waals surface area contributed by atoms with Gasteiger partial charge < -0.3 is 30.9 Å². The summed E-state index contributed by atoms with van der Waals surface area (Å²) in [6.45, 7) is 15.0. The molecule has 1 aromatic rings. The number of Topliss-reactive ketones (excluding diaryl/α,β-unsaturated/α-hetero) is 1. The minimum Gasteiger partial charge on any atom is -0.459 e. The first-order valence-corrected chi connectivity index (χ1v) is 17.0. The number of hydrogen-bond acceptors (Lipinski definition) is 7. The summed E-state index contributed by atoms with van der Waals surface area (Å²) < 4.78 is 5.64. The first-order chi connectivity index (χ1) is 22.7. The maximum Gasteiger partial charge on any atom is 0.332 e. The number of carbonyl (C=O) groups is 6. The molecule has 1 saturated carbocycles. The molecule has 1 aromatic carbocycles. The van der Waals surface area contributed by atoms with Gasteiger partial charge in [0.2, 0.25) is 17.6 Å². The Balaban J connectivity index is 0.00000257. The molecule has 4 N–H and O–H groups in total. The Hall–Kier alpha value is -4.22. The number of rotatable bonds is 12. The maximum absolute atomic E-state index is 13.9. The Morgan fingerprint density at radius 3 is 2.21 bits per heavy atom. The molecule has 1 heterocycles. The molecule has 3 rings (SSSR count). The van der Waals surface area contributed by atoms with Crippen LogP contribution in [0.15, 0.2) is 43.0 Å². The molecule has 0 aromatic heterocycles. The van der Waals surface area contributed by atoms with Crippen LogP contribution in [0.3, 0.4) is 0 Å². The molecule has 5 amide bonds. The van der Waals surface area contributed by atoms with Crippen molar-refractivity contribution in [1.29, 1.82) is 0 Å². The van der Waals surface area contributed by atoms with Crippen molar-refractivity contribution in [3.8, 4) is 0 Å². The molecule has 266 valence electrons. The Labute approximate surface area is 285 Å². The highest BCUT2D eigenvalue weighted by molar-refractivity contribution is 6.38.